The van der Waals surface area contributed by atoms with Gasteiger partial charge in [0.05, 0.1) is 19.3 Å². The normalized spacial score (nSPS) is 21.2. The van der Waals surface area contributed by atoms with Crippen molar-refractivity contribution in [2.45, 2.75) is 44.1 Å². The average Bonchev–Trinajstić information content (AvgIpc) is 2.75. The van der Waals surface area contributed by atoms with Crippen LogP contribution in [0.3, 0.4) is 0 Å². The monoisotopic (exact) mass is 516 g/mol. The van der Waals surface area contributed by atoms with Gasteiger partial charge < -0.3 is 14.8 Å². The van der Waals surface area contributed by atoms with Gasteiger partial charge in [-0.3, -0.25) is 14.2 Å². The Labute approximate surface area is 205 Å². The number of alkyl halides is 4. The maximum atomic E-state index is 15.4. The molecule has 1 fully saturated rings. The van der Waals surface area contributed by atoms with E-state index in [1.54, 1.807) is 0 Å². The molecule has 0 aliphatic carbocycles. The molecule has 0 saturated carbocycles. The first-order valence-electron chi connectivity index (χ1n) is 11.7. The summed E-state index contributed by atoms with van der Waals surface area (Å²) in [6.45, 7) is 1.24. The van der Waals surface area contributed by atoms with E-state index in [4.69, 9.17) is 4.74 Å². The first-order valence-corrected chi connectivity index (χ1v) is 11.7. The summed E-state index contributed by atoms with van der Waals surface area (Å²) in [4.78, 5) is 2.95. The van der Waals surface area contributed by atoms with Crippen LogP contribution < -0.4 is 10.2 Å². The average molecular weight is 516 g/mol. The lowest BCUT2D eigenvalue weighted by Crippen LogP contribution is -2.53. The summed E-state index contributed by atoms with van der Waals surface area (Å²) in [5, 5.41) is 19.0. The van der Waals surface area contributed by atoms with Crippen LogP contribution in [0.1, 0.15) is 36.1 Å². The molecule has 36 heavy (non-hydrogen) atoms. The van der Waals surface area contributed by atoms with Crippen LogP contribution in [0.15, 0.2) is 30.3 Å². The molecule has 4 rings (SSSR count). The lowest BCUT2D eigenvalue weighted by molar-refractivity contribution is -0.155. The van der Waals surface area contributed by atoms with Gasteiger partial charge in [-0.25, -0.2) is 8.78 Å². The summed E-state index contributed by atoms with van der Waals surface area (Å²) in [7, 11) is -1.79. The van der Waals surface area contributed by atoms with Crippen molar-refractivity contribution in [1.82, 2.24) is 9.80 Å². The molecule has 0 aromatic heterocycles. The van der Waals surface area contributed by atoms with Crippen molar-refractivity contribution in [3.05, 3.63) is 58.7 Å². The van der Waals surface area contributed by atoms with Crippen LogP contribution in [-0.4, -0.2) is 78.1 Å². The van der Waals surface area contributed by atoms with Crippen LogP contribution in [-0.2, 0) is 6.42 Å². The van der Waals surface area contributed by atoms with Gasteiger partial charge >= 0.3 is 13.3 Å². The third kappa shape index (κ3) is 5.82. The molecule has 2 aliphatic rings. The molecule has 12 heteroatoms. The molecule has 2 aromatic rings. The number of hydrogen-bond acceptors (Lipinski definition) is 5. The highest BCUT2D eigenvalue weighted by Crippen LogP contribution is 2.42. The predicted octanol–water partition coefficient (Wildman–Crippen LogP) is 2.97. The van der Waals surface area contributed by atoms with Gasteiger partial charge in [-0.15, -0.1) is 0 Å². The van der Waals surface area contributed by atoms with E-state index in [1.807, 2.05) is 4.90 Å². The Balaban J connectivity index is 1.66. The fourth-order valence-electron chi connectivity index (χ4n) is 5.02. The fourth-order valence-corrected chi connectivity index (χ4v) is 5.02. The summed E-state index contributed by atoms with van der Waals surface area (Å²) in [5.41, 5.74) is 0.346. The third-order valence-electron chi connectivity index (χ3n) is 6.70. The number of hydrogen-bond donors (Lipinski definition) is 2. The van der Waals surface area contributed by atoms with Crippen molar-refractivity contribution in [2.24, 2.45) is 0 Å². The summed E-state index contributed by atoms with van der Waals surface area (Å²) in [6.07, 6.45) is -4.42. The number of rotatable bonds is 8. The van der Waals surface area contributed by atoms with E-state index in [1.165, 1.54) is 25.1 Å². The molecule has 2 aromatic carbocycles. The van der Waals surface area contributed by atoms with Gasteiger partial charge in [-0.05, 0) is 36.4 Å². The van der Waals surface area contributed by atoms with E-state index in [-0.39, 0.29) is 29.3 Å². The second kappa shape index (κ2) is 10.6. The second-order valence-electron chi connectivity index (χ2n) is 9.42. The zero-order chi connectivity index (χ0) is 26.2. The van der Waals surface area contributed by atoms with Gasteiger partial charge in [0, 0.05) is 43.4 Å². The van der Waals surface area contributed by atoms with Gasteiger partial charge in [0.15, 0.2) is 0 Å². The Hall–Kier alpha value is -2.28. The van der Waals surface area contributed by atoms with E-state index >= 15 is 8.78 Å². The molecule has 196 valence electrons. The fraction of sp³-hybridized carbons (Fsp3) is 0.500. The van der Waals surface area contributed by atoms with E-state index in [0.717, 1.165) is 17.0 Å². The molecule has 0 spiro atoms. The highest BCUT2D eigenvalue weighted by atomic mass is 19.4. The molecule has 1 saturated heterocycles. The summed E-state index contributed by atoms with van der Waals surface area (Å²) < 4.78 is 89.1. The molecule has 0 radical (unpaired) electrons. The number of fused-ring (bicyclic) bond motifs is 1. The van der Waals surface area contributed by atoms with Gasteiger partial charge in [0.1, 0.15) is 23.5 Å². The van der Waals surface area contributed by atoms with Gasteiger partial charge in [0.25, 0.3) is 0 Å². The molecule has 2 heterocycles. The Morgan fingerprint density at radius 1 is 1.08 bits per heavy atom. The maximum absolute atomic E-state index is 15.4. The standard InChI is InChI=1S/C24H27BF6N2O3/c1-14-7-15-8-16(25(34)35)3-4-19(15)23(33(14)13-24(29,30)31)22-20(27)9-17(10-21(22)28)36-18-11-32(12-18)6-2-5-26/h3-4,8-10,14,18,23,34-35H,2,5-7,11-13H2,1H3/t14-,23+/m1/s1. The van der Waals surface area contributed by atoms with Crippen molar-refractivity contribution in [1.29, 1.82) is 0 Å². The molecule has 2 N–H and O–H groups in total. The number of ether oxygens (including phenoxy) is 1. The van der Waals surface area contributed by atoms with Crippen LogP contribution in [0, 0.1) is 11.6 Å². The van der Waals surface area contributed by atoms with Crippen LogP contribution >= 0.6 is 0 Å². The molecule has 5 nitrogen and oxygen atoms in total. The Morgan fingerprint density at radius 2 is 1.75 bits per heavy atom. The summed E-state index contributed by atoms with van der Waals surface area (Å²) >= 11 is 0. The molecule has 0 unspecified atom stereocenters. The molecule has 2 aliphatic heterocycles. The highest BCUT2D eigenvalue weighted by molar-refractivity contribution is 6.58. The summed E-state index contributed by atoms with van der Waals surface area (Å²) in [5.74, 6) is -2.15. The SMILES string of the molecule is C[C@@H]1Cc2cc(B(O)O)ccc2[C@@H](c2c(F)cc(OC3CN(CCCF)C3)cc2F)N1CC(F)(F)F. The van der Waals surface area contributed by atoms with E-state index < -0.39 is 55.8 Å². The van der Waals surface area contributed by atoms with Crippen LogP contribution in [0.5, 0.6) is 5.75 Å². The van der Waals surface area contributed by atoms with E-state index in [9.17, 15) is 27.6 Å². The smallest absolute Gasteiger partial charge is 0.488 e. The molecule has 2 atom stereocenters. The zero-order valence-corrected chi connectivity index (χ0v) is 19.6. The van der Waals surface area contributed by atoms with Gasteiger partial charge in [-0.2, -0.15) is 13.2 Å². The maximum Gasteiger partial charge on any atom is 0.488 e. The minimum Gasteiger partial charge on any atom is -0.488 e. The van der Waals surface area contributed by atoms with Crippen LogP contribution in [0.4, 0.5) is 26.3 Å². The topological polar surface area (TPSA) is 56.2 Å². The quantitative estimate of drug-likeness (QED) is 0.418. The van der Waals surface area contributed by atoms with Crippen molar-refractivity contribution in [2.75, 3.05) is 32.9 Å². The summed E-state index contributed by atoms with van der Waals surface area (Å²) in [6, 6.07) is 3.95. The van der Waals surface area contributed by atoms with E-state index in [0.29, 0.717) is 31.6 Å². The van der Waals surface area contributed by atoms with Gasteiger partial charge in [-0.1, -0.05) is 18.2 Å². The first kappa shape index (κ1) is 26.8. The zero-order valence-electron chi connectivity index (χ0n) is 19.6. The molecular formula is C24H27BF6N2O3. The minimum absolute atomic E-state index is 0.0749. The van der Waals surface area contributed by atoms with Crippen LogP contribution in [0.25, 0.3) is 0 Å². The van der Waals surface area contributed by atoms with E-state index in [2.05, 4.69) is 0 Å². The Bertz CT molecular complexity index is 1060. The lowest BCUT2D eigenvalue weighted by Gasteiger charge is -2.43. The number of benzene rings is 2. The van der Waals surface area contributed by atoms with Crippen molar-refractivity contribution in [3.63, 3.8) is 0 Å². The predicted molar refractivity (Wildman–Crippen MR) is 122 cm³/mol. The second-order valence-corrected chi connectivity index (χ2v) is 9.42. The van der Waals surface area contributed by atoms with Crippen molar-refractivity contribution in [3.8, 4) is 5.75 Å². The number of nitrogens with zero attached hydrogens (tertiary/aromatic N) is 2. The third-order valence-corrected chi connectivity index (χ3v) is 6.70. The lowest BCUT2D eigenvalue weighted by atomic mass is 9.75. The van der Waals surface area contributed by atoms with Crippen molar-refractivity contribution < 1.29 is 41.1 Å². The minimum atomic E-state index is -4.61. The molecule has 0 amide bonds. The molecular weight excluding hydrogens is 489 g/mol. The Morgan fingerprint density at radius 3 is 2.33 bits per heavy atom. The number of likely N-dealkylation sites (tertiary alicyclic amines) is 1. The van der Waals surface area contributed by atoms with Crippen molar-refractivity contribution >= 4 is 12.6 Å². The van der Waals surface area contributed by atoms with Gasteiger partial charge in [0.2, 0.25) is 0 Å². The Kier molecular flexibility index (Phi) is 7.89. The highest BCUT2D eigenvalue weighted by Gasteiger charge is 2.43. The number of halogens is 6. The first-order chi connectivity index (χ1) is 17.0. The van der Waals surface area contributed by atoms with Crippen LogP contribution in [0.2, 0.25) is 0 Å². The molecule has 0 bridgehead atoms. The largest absolute Gasteiger partial charge is 0.488 e.